The summed E-state index contributed by atoms with van der Waals surface area (Å²) in [6.45, 7) is 0. The lowest BCUT2D eigenvalue weighted by Gasteiger charge is -2.15. The minimum Gasteiger partial charge on any atom is -0.271 e. The number of hydrogen-bond donors (Lipinski definition) is 2. The Balaban J connectivity index is 2.09. The van der Waals surface area contributed by atoms with Crippen molar-refractivity contribution in [3.63, 3.8) is 0 Å². The molecule has 1 heterocycles. The Kier molecular flexibility index (Phi) is 3.35. The summed E-state index contributed by atoms with van der Waals surface area (Å²) in [4.78, 5) is 3.83. The number of halogens is 3. The number of pyridine rings is 1. The van der Waals surface area contributed by atoms with Gasteiger partial charge in [0.25, 0.3) is 0 Å². The van der Waals surface area contributed by atoms with E-state index in [2.05, 4.69) is 10.4 Å². The van der Waals surface area contributed by atoms with E-state index in [1.54, 1.807) is 0 Å². The maximum absolute atomic E-state index is 12.3. The van der Waals surface area contributed by atoms with Gasteiger partial charge >= 0.3 is 6.18 Å². The Labute approximate surface area is 97.2 Å². The molecule has 0 amide bonds. The predicted molar refractivity (Wildman–Crippen MR) is 56.6 cm³/mol. The first-order valence-electron chi connectivity index (χ1n) is 5.50. The van der Waals surface area contributed by atoms with Crippen LogP contribution in [0.4, 0.5) is 13.2 Å². The molecule has 1 aromatic rings. The van der Waals surface area contributed by atoms with Gasteiger partial charge in [0.05, 0.1) is 17.3 Å². The molecule has 0 spiro atoms. The van der Waals surface area contributed by atoms with Crippen LogP contribution in [-0.4, -0.2) is 4.98 Å². The molecule has 0 aromatic carbocycles. The highest BCUT2D eigenvalue weighted by atomic mass is 19.4. The number of nitrogens with one attached hydrogen (secondary N) is 1. The second-order valence-corrected chi connectivity index (χ2v) is 4.37. The molecule has 0 saturated heterocycles. The summed E-state index contributed by atoms with van der Waals surface area (Å²) in [5.41, 5.74) is 2.43. The van der Waals surface area contributed by atoms with E-state index in [1.165, 1.54) is 18.9 Å². The van der Waals surface area contributed by atoms with Crippen LogP contribution in [0.25, 0.3) is 0 Å². The molecule has 0 radical (unpaired) electrons. The standard InChI is InChI=1S/C11H14F3N3/c12-11(13,14)8-3-4-9(16-6-8)10(17-15)5-7-1-2-7/h3-4,6-7,10,17H,1-2,5,15H2. The molecule has 1 aliphatic rings. The summed E-state index contributed by atoms with van der Waals surface area (Å²) < 4.78 is 37.0. The first-order valence-corrected chi connectivity index (χ1v) is 5.50. The number of hydrogen-bond acceptors (Lipinski definition) is 3. The summed E-state index contributed by atoms with van der Waals surface area (Å²) in [5.74, 6) is 6.02. The number of rotatable bonds is 4. The normalized spacial score (nSPS) is 18.1. The van der Waals surface area contributed by atoms with Gasteiger partial charge in [0, 0.05) is 6.20 Å². The minimum absolute atomic E-state index is 0.162. The quantitative estimate of drug-likeness (QED) is 0.632. The molecule has 17 heavy (non-hydrogen) atoms. The highest BCUT2D eigenvalue weighted by Crippen LogP contribution is 2.37. The minimum atomic E-state index is -4.34. The van der Waals surface area contributed by atoms with Crippen molar-refractivity contribution in [2.45, 2.75) is 31.5 Å². The van der Waals surface area contributed by atoms with Gasteiger partial charge in [-0.15, -0.1) is 0 Å². The van der Waals surface area contributed by atoms with Crippen LogP contribution in [0.1, 0.15) is 36.6 Å². The van der Waals surface area contributed by atoms with E-state index < -0.39 is 11.7 Å². The molecular formula is C11H14F3N3. The van der Waals surface area contributed by atoms with Gasteiger partial charge in [-0.05, 0) is 24.5 Å². The van der Waals surface area contributed by atoms with Crippen LogP contribution >= 0.6 is 0 Å². The molecule has 0 aliphatic heterocycles. The fourth-order valence-corrected chi connectivity index (χ4v) is 1.74. The lowest BCUT2D eigenvalue weighted by atomic mass is 10.1. The largest absolute Gasteiger partial charge is 0.417 e. The summed E-state index contributed by atoms with van der Waals surface area (Å²) in [7, 11) is 0. The zero-order chi connectivity index (χ0) is 12.5. The molecule has 1 atom stereocenters. The molecule has 1 aromatic heterocycles. The molecule has 1 aliphatic carbocycles. The third kappa shape index (κ3) is 3.17. The maximum Gasteiger partial charge on any atom is 0.417 e. The van der Waals surface area contributed by atoms with Gasteiger partial charge in [-0.3, -0.25) is 16.3 Å². The van der Waals surface area contributed by atoms with E-state index in [9.17, 15) is 13.2 Å². The van der Waals surface area contributed by atoms with Crippen molar-refractivity contribution in [3.05, 3.63) is 29.6 Å². The number of aromatic nitrogens is 1. The van der Waals surface area contributed by atoms with E-state index >= 15 is 0 Å². The van der Waals surface area contributed by atoms with Gasteiger partial charge < -0.3 is 0 Å². The van der Waals surface area contributed by atoms with E-state index in [0.717, 1.165) is 18.7 Å². The van der Waals surface area contributed by atoms with Gasteiger partial charge in [-0.25, -0.2) is 0 Å². The van der Waals surface area contributed by atoms with Gasteiger partial charge in [-0.2, -0.15) is 13.2 Å². The van der Waals surface area contributed by atoms with Gasteiger partial charge in [-0.1, -0.05) is 12.8 Å². The van der Waals surface area contributed by atoms with Gasteiger partial charge in [0.15, 0.2) is 0 Å². The molecule has 0 bridgehead atoms. The first-order chi connectivity index (χ1) is 8.00. The van der Waals surface area contributed by atoms with Crippen LogP contribution < -0.4 is 11.3 Å². The second-order valence-electron chi connectivity index (χ2n) is 4.37. The smallest absolute Gasteiger partial charge is 0.271 e. The fraction of sp³-hybridized carbons (Fsp3) is 0.545. The Morgan fingerprint density at radius 2 is 2.12 bits per heavy atom. The Bertz CT molecular complexity index is 371. The third-order valence-corrected chi connectivity index (χ3v) is 2.94. The monoisotopic (exact) mass is 245 g/mol. The maximum atomic E-state index is 12.3. The molecular weight excluding hydrogens is 231 g/mol. The third-order valence-electron chi connectivity index (χ3n) is 2.94. The van der Waals surface area contributed by atoms with Crippen molar-refractivity contribution in [1.29, 1.82) is 0 Å². The molecule has 3 nitrogen and oxygen atoms in total. The van der Waals surface area contributed by atoms with Crippen LogP contribution in [0, 0.1) is 5.92 Å². The van der Waals surface area contributed by atoms with E-state index in [4.69, 9.17) is 5.84 Å². The lowest BCUT2D eigenvalue weighted by Crippen LogP contribution is -2.29. The van der Waals surface area contributed by atoms with Crippen molar-refractivity contribution in [3.8, 4) is 0 Å². The van der Waals surface area contributed by atoms with Crippen molar-refractivity contribution >= 4 is 0 Å². The van der Waals surface area contributed by atoms with Crippen LogP contribution in [0.2, 0.25) is 0 Å². The molecule has 1 saturated carbocycles. The highest BCUT2D eigenvalue weighted by Gasteiger charge is 2.31. The Morgan fingerprint density at radius 1 is 1.41 bits per heavy atom. The molecule has 1 fully saturated rings. The molecule has 2 rings (SSSR count). The van der Waals surface area contributed by atoms with Gasteiger partial charge in [0.1, 0.15) is 0 Å². The average Bonchev–Trinajstić information content (AvgIpc) is 3.09. The van der Waals surface area contributed by atoms with Gasteiger partial charge in [0.2, 0.25) is 0 Å². The molecule has 6 heteroatoms. The molecule has 1 unspecified atom stereocenters. The first kappa shape index (κ1) is 12.3. The number of hydrazine groups is 1. The van der Waals surface area contributed by atoms with E-state index in [1.807, 2.05) is 0 Å². The van der Waals surface area contributed by atoms with Crippen molar-refractivity contribution in [2.24, 2.45) is 11.8 Å². The Hall–Kier alpha value is -1.14. The second kappa shape index (κ2) is 4.62. The summed E-state index contributed by atoms with van der Waals surface area (Å²) in [6.07, 6.45) is -0.327. The number of alkyl halides is 3. The highest BCUT2D eigenvalue weighted by molar-refractivity contribution is 5.19. The van der Waals surface area contributed by atoms with Crippen molar-refractivity contribution < 1.29 is 13.2 Å². The van der Waals surface area contributed by atoms with E-state index in [0.29, 0.717) is 11.6 Å². The zero-order valence-corrected chi connectivity index (χ0v) is 9.17. The number of nitrogens with two attached hydrogens (primary N) is 1. The summed E-state index contributed by atoms with van der Waals surface area (Å²) in [5, 5.41) is 0. The Morgan fingerprint density at radius 3 is 2.53 bits per heavy atom. The van der Waals surface area contributed by atoms with Crippen molar-refractivity contribution in [2.75, 3.05) is 0 Å². The molecule has 3 N–H and O–H groups in total. The van der Waals surface area contributed by atoms with Crippen LogP contribution in [0.5, 0.6) is 0 Å². The fourth-order valence-electron chi connectivity index (χ4n) is 1.74. The van der Waals surface area contributed by atoms with Crippen LogP contribution in [-0.2, 0) is 6.18 Å². The summed E-state index contributed by atoms with van der Waals surface area (Å²) >= 11 is 0. The topological polar surface area (TPSA) is 50.9 Å². The predicted octanol–water partition coefficient (Wildman–Crippen LogP) is 2.40. The zero-order valence-electron chi connectivity index (χ0n) is 9.17. The number of nitrogens with zero attached hydrogens (tertiary/aromatic N) is 1. The van der Waals surface area contributed by atoms with Crippen LogP contribution in [0.15, 0.2) is 18.3 Å². The molecule has 94 valence electrons. The average molecular weight is 245 g/mol. The summed E-state index contributed by atoms with van der Waals surface area (Å²) in [6, 6.07) is 2.26. The van der Waals surface area contributed by atoms with E-state index in [-0.39, 0.29) is 6.04 Å². The van der Waals surface area contributed by atoms with Crippen LogP contribution in [0.3, 0.4) is 0 Å². The lowest BCUT2D eigenvalue weighted by molar-refractivity contribution is -0.137. The van der Waals surface area contributed by atoms with Crippen molar-refractivity contribution in [1.82, 2.24) is 10.4 Å². The SMILES string of the molecule is NNC(CC1CC1)c1ccc(C(F)(F)F)cn1.